The number of hydrogen-bond donors (Lipinski definition) is 0. The van der Waals surface area contributed by atoms with Gasteiger partial charge in [-0.25, -0.2) is 15.0 Å². The Morgan fingerprint density at radius 1 is 0.323 bits per heavy atom. The predicted octanol–water partition coefficient (Wildman–Crippen LogP) is 14.4. The van der Waals surface area contributed by atoms with Crippen molar-refractivity contribution < 1.29 is 11.0 Å². The van der Waals surface area contributed by atoms with Gasteiger partial charge < -0.3 is 9.13 Å². The molecule has 0 spiro atoms. The first-order chi connectivity index (χ1) is 34.1. The van der Waals surface area contributed by atoms with Gasteiger partial charge in [0, 0.05) is 43.9 Å². The lowest BCUT2D eigenvalue weighted by Gasteiger charge is -2.15. The van der Waals surface area contributed by atoms with Crippen molar-refractivity contribution in [3.63, 3.8) is 0 Å². The molecule has 0 saturated carbocycles. The second-order valence-electron chi connectivity index (χ2n) is 15.1. The Kier molecular flexibility index (Phi) is 6.67. The van der Waals surface area contributed by atoms with E-state index in [1.807, 2.05) is 121 Å². The molecule has 12 rings (SSSR count). The van der Waals surface area contributed by atoms with Crippen LogP contribution in [0.5, 0.6) is 0 Å². The molecule has 0 fully saturated rings. The first kappa shape index (κ1) is 28.1. The van der Waals surface area contributed by atoms with E-state index < -0.39 is 24.2 Å². The standard InChI is InChI=1S/C57H37N5/c1-4-17-38(18-5-1)40-31-33-42(34-32-40)56-58-55(41-21-8-3-9-22-41)59-57(60-56)44-35-43(39-19-6-2-7-20-39)36-45(37-44)61-51-28-15-12-25-48(51)54-52(61)29-16-30-53(54)62-49-26-13-10-23-46(49)47-24-11-14-27-50(47)62/h1-37H/i10D,11D,13D,14D,23D,24D,26D,27D. The monoisotopic (exact) mass is 799 g/mol. The largest absolute Gasteiger partial charge is 0.309 e. The summed E-state index contributed by atoms with van der Waals surface area (Å²) in [7, 11) is 0. The van der Waals surface area contributed by atoms with Crippen molar-refractivity contribution >= 4 is 43.6 Å². The van der Waals surface area contributed by atoms with Crippen molar-refractivity contribution in [2.45, 2.75) is 0 Å². The predicted molar refractivity (Wildman–Crippen MR) is 256 cm³/mol. The smallest absolute Gasteiger partial charge is 0.164 e. The number of para-hydroxylation sites is 3. The van der Waals surface area contributed by atoms with Crippen LogP contribution in [0, 0.1) is 0 Å². The number of aromatic nitrogens is 5. The summed E-state index contributed by atoms with van der Waals surface area (Å²) in [6.45, 7) is 0. The fraction of sp³-hybridized carbons (Fsp3) is 0. The lowest BCUT2D eigenvalue weighted by molar-refractivity contribution is 1.07. The molecular weight excluding hydrogens is 755 g/mol. The topological polar surface area (TPSA) is 48.5 Å². The molecule has 5 nitrogen and oxygen atoms in total. The van der Waals surface area contributed by atoms with Crippen LogP contribution in [0.1, 0.15) is 11.0 Å². The average molecular weight is 800 g/mol. The van der Waals surface area contributed by atoms with E-state index in [1.54, 1.807) is 4.57 Å². The van der Waals surface area contributed by atoms with Gasteiger partial charge in [-0.15, -0.1) is 0 Å². The number of nitrogens with zero attached hydrogens (tertiary/aromatic N) is 5. The quantitative estimate of drug-likeness (QED) is 0.161. The molecule has 12 aromatic rings. The van der Waals surface area contributed by atoms with Gasteiger partial charge >= 0.3 is 0 Å². The zero-order chi connectivity index (χ0) is 47.9. The van der Waals surface area contributed by atoms with E-state index >= 15 is 0 Å². The number of fused-ring (bicyclic) bond motifs is 6. The van der Waals surface area contributed by atoms with Crippen LogP contribution in [-0.4, -0.2) is 24.1 Å². The van der Waals surface area contributed by atoms with Gasteiger partial charge in [0.25, 0.3) is 0 Å². The number of rotatable bonds is 7. The third-order valence-electron chi connectivity index (χ3n) is 11.4. The summed E-state index contributed by atoms with van der Waals surface area (Å²) >= 11 is 0. The van der Waals surface area contributed by atoms with Gasteiger partial charge in [0.1, 0.15) is 0 Å². The zero-order valence-corrected chi connectivity index (χ0v) is 33.0. The molecule has 0 radical (unpaired) electrons. The lowest BCUT2D eigenvalue weighted by Crippen LogP contribution is -2.02. The van der Waals surface area contributed by atoms with Crippen LogP contribution in [0.15, 0.2) is 224 Å². The molecule has 290 valence electrons. The molecule has 5 heteroatoms. The first-order valence-electron chi connectivity index (χ1n) is 24.3. The second-order valence-corrected chi connectivity index (χ2v) is 15.1. The highest BCUT2D eigenvalue weighted by atomic mass is 15.0. The fourth-order valence-electron chi connectivity index (χ4n) is 8.59. The maximum Gasteiger partial charge on any atom is 0.164 e. The fourth-order valence-corrected chi connectivity index (χ4v) is 8.59. The Labute approximate surface area is 369 Å². The summed E-state index contributed by atoms with van der Waals surface area (Å²) in [5.74, 6) is 1.49. The highest BCUT2D eigenvalue weighted by Gasteiger charge is 2.21. The van der Waals surface area contributed by atoms with E-state index in [1.165, 1.54) is 0 Å². The molecule has 3 heterocycles. The Morgan fingerprint density at radius 3 is 1.44 bits per heavy atom. The van der Waals surface area contributed by atoms with Crippen molar-refractivity contribution in [3.8, 4) is 67.8 Å². The van der Waals surface area contributed by atoms with E-state index in [4.69, 9.17) is 23.2 Å². The molecule has 0 unspecified atom stereocenters. The lowest BCUT2D eigenvalue weighted by atomic mass is 10.0. The summed E-state index contributed by atoms with van der Waals surface area (Å²) in [6.07, 6.45) is 0. The van der Waals surface area contributed by atoms with Crippen molar-refractivity contribution in [1.29, 1.82) is 0 Å². The summed E-state index contributed by atoms with van der Waals surface area (Å²) in [6, 6.07) is 54.8. The van der Waals surface area contributed by atoms with Crippen molar-refractivity contribution in [2.24, 2.45) is 0 Å². The van der Waals surface area contributed by atoms with Crippen LogP contribution in [0.2, 0.25) is 0 Å². The summed E-state index contributed by atoms with van der Waals surface area (Å²) in [5.41, 5.74) is 9.38. The molecule has 0 N–H and O–H groups in total. The molecule has 0 bridgehead atoms. The minimum absolute atomic E-state index is 0.0210. The van der Waals surface area contributed by atoms with Crippen LogP contribution in [0.25, 0.3) is 111 Å². The second kappa shape index (κ2) is 14.7. The van der Waals surface area contributed by atoms with E-state index in [-0.39, 0.29) is 46.0 Å². The molecule has 0 aliphatic carbocycles. The number of hydrogen-bond acceptors (Lipinski definition) is 3. The van der Waals surface area contributed by atoms with Gasteiger partial charge in [0.2, 0.25) is 0 Å². The first-order valence-corrected chi connectivity index (χ1v) is 20.3. The minimum Gasteiger partial charge on any atom is -0.309 e. The summed E-state index contributed by atoms with van der Waals surface area (Å²) < 4.78 is 75.1. The van der Waals surface area contributed by atoms with Crippen LogP contribution in [0.3, 0.4) is 0 Å². The summed E-state index contributed by atoms with van der Waals surface area (Å²) in [4.78, 5) is 15.4. The average Bonchev–Trinajstić information content (AvgIpc) is 3.96. The molecule has 0 atom stereocenters. The maximum absolute atomic E-state index is 9.25. The molecule has 9 aromatic carbocycles. The Hall–Kier alpha value is -8.41. The van der Waals surface area contributed by atoms with E-state index in [0.29, 0.717) is 28.5 Å². The third kappa shape index (κ3) is 5.98. The van der Waals surface area contributed by atoms with E-state index in [2.05, 4.69) is 59.2 Å². The van der Waals surface area contributed by atoms with Gasteiger partial charge in [-0.2, -0.15) is 0 Å². The van der Waals surface area contributed by atoms with Crippen LogP contribution >= 0.6 is 0 Å². The molecule has 62 heavy (non-hydrogen) atoms. The van der Waals surface area contributed by atoms with E-state index in [9.17, 15) is 2.74 Å². The van der Waals surface area contributed by atoms with E-state index in [0.717, 1.165) is 61.1 Å². The SMILES string of the molecule is [2H]c1c([2H])c([2H])c2c(c1[2H])c1c([2H])c([2H])c([2H])c([2H])c1n2-c1cccc2c1c1ccccc1n2-c1cc(-c2ccccc2)cc(-c2nc(-c3ccccc3)nc(-c3ccc(-c4ccccc4)cc3)n2)c1. The van der Waals surface area contributed by atoms with Crippen LogP contribution in [-0.2, 0) is 0 Å². The Bertz CT molecular complexity index is 4000. The van der Waals surface area contributed by atoms with Crippen molar-refractivity contribution in [3.05, 3.63) is 224 Å². The van der Waals surface area contributed by atoms with Crippen LogP contribution in [0.4, 0.5) is 0 Å². The van der Waals surface area contributed by atoms with Gasteiger partial charge in [0.15, 0.2) is 17.5 Å². The van der Waals surface area contributed by atoms with Crippen LogP contribution < -0.4 is 0 Å². The minimum atomic E-state index is -0.491. The van der Waals surface area contributed by atoms with Crippen molar-refractivity contribution in [2.75, 3.05) is 0 Å². The van der Waals surface area contributed by atoms with Crippen molar-refractivity contribution in [1.82, 2.24) is 24.1 Å². The molecule has 3 aromatic heterocycles. The van der Waals surface area contributed by atoms with Gasteiger partial charge in [-0.05, 0) is 70.7 Å². The highest BCUT2D eigenvalue weighted by molar-refractivity contribution is 6.16. The molecule has 0 amide bonds. The maximum atomic E-state index is 9.25. The molecule has 0 saturated heterocycles. The zero-order valence-electron chi connectivity index (χ0n) is 41.0. The Balaban J connectivity index is 1.13. The Morgan fingerprint density at radius 2 is 0.790 bits per heavy atom. The van der Waals surface area contributed by atoms with Gasteiger partial charge in [-0.3, -0.25) is 0 Å². The molecule has 0 aliphatic rings. The molecule has 0 aliphatic heterocycles. The number of benzene rings is 9. The van der Waals surface area contributed by atoms with Gasteiger partial charge in [0.05, 0.1) is 38.7 Å². The highest BCUT2D eigenvalue weighted by Crippen LogP contribution is 2.41. The summed E-state index contributed by atoms with van der Waals surface area (Å²) in [5, 5.41) is 1.56. The normalized spacial score (nSPS) is 13.4. The third-order valence-corrected chi connectivity index (χ3v) is 11.4. The molecular formula is C57H37N5. The van der Waals surface area contributed by atoms with Gasteiger partial charge in [-0.1, -0.05) is 176 Å².